The summed E-state index contributed by atoms with van der Waals surface area (Å²) in [7, 11) is 0. The fraction of sp³-hybridized carbons (Fsp3) is 0.0556. The van der Waals surface area contributed by atoms with Crippen molar-refractivity contribution in [2.45, 2.75) is 6.92 Å². The SMILES string of the molecule is Cc1ccc(C(=O)NNc2ncnc(Nc3ccccc3Cl)c2N)cc1. The number of aryl methyl sites for hydroxylation is 1. The van der Waals surface area contributed by atoms with Crippen molar-refractivity contribution in [1.29, 1.82) is 0 Å². The van der Waals surface area contributed by atoms with E-state index in [1.807, 2.05) is 31.2 Å². The van der Waals surface area contributed by atoms with Gasteiger partial charge in [0.1, 0.15) is 12.0 Å². The molecular formula is C18H17ClN6O. The van der Waals surface area contributed by atoms with Crippen LogP contribution in [0.3, 0.4) is 0 Å². The number of para-hydroxylation sites is 1. The standard InChI is InChI=1S/C18H17ClN6O/c1-11-6-8-12(9-7-11)18(26)25-24-17-15(20)16(21-10-22-17)23-14-5-3-2-4-13(14)19/h2-10H,20H2,1H3,(H,25,26)(H2,21,22,23,24). The molecule has 1 aromatic heterocycles. The average molecular weight is 369 g/mol. The van der Waals surface area contributed by atoms with Crippen molar-refractivity contribution in [2.75, 3.05) is 16.5 Å². The quantitative estimate of drug-likeness (QED) is 0.513. The monoisotopic (exact) mass is 368 g/mol. The highest BCUT2D eigenvalue weighted by molar-refractivity contribution is 6.33. The van der Waals surface area contributed by atoms with Crippen LogP contribution in [0.4, 0.5) is 23.0 Å². The summed E-state index contributed by atoms with van der Waals surface area (Å²) in [6, 6.07) is 14.4. The van der Waals surface area contributed by atoms with Crippen LogP contribution in [0, 0.1) is 6.92 Å². The number of carbonyl (C=O) groups is 1. The van der Waals surface area contributed by atoms with E-state index in [2.05, 4.69) is 26.1 Å². The minimum Gasteiger partial charge on any atom is -0.393 e. The van der Waals surface area contributed by atoms with E-state index in [0.717, 1.165) is 5.56 Å². The molecule has 3 aromatic rings. The third-order valence-corrected chi connectivity index (χ3v) is 3.95. The van der Waals surface area contributed by atoms with E-state index in [-0.39, 0.29) is 17.4 Å². The van der Waals surface area contributed by atoms with E-state index in [0.29, 0.717) is 22.1 Å². The second-order valence-corrected chi connectivity index (χ2v) is 5.94. The largest absolute Gasteiger partial charge is 0.393 e. The molecule has 7 nitrogen and oxygen atoms in total. The number of aromatic nitrogens is 2. The van der Waals surface area contributed by atoms with E-state index >= 15 is 0 Å². The highest BCUT2D eigenvalue weighted by Crippen LogP contribution is 2.29. The topological polar surface area (TPSA) is 105 Å². The number of nitrogen functional groups attached to an aromatic ring is 1. The molecule has 0 saturated carbocycles. The molecule has 0 saturated heterocycles. The van der Waals surface area contributed by atoms with Gasteiger partial charge in [0.15, 0.2) is 11.6 Å². The van der Waals surface area contributed by atoms with Crippen LogP contribution in [0.2, 0.25) is 5.02 Å². The number of rotatable bonds is 5. The molecule has 5 N–H and O–H groups in total. The molecule has 0 aliphatic heterocycles. The summed E-state index contributed by atoms with van der Waals surface area (Å²) in [6.07, 6.45) is 1.33. The summed E-state index contributed by atoms with van der Waals surface area (Å²) >= 11 is 6.13. The van der Waals surface area contributed by atoms with Crippen molar-refractivity contribution >= 4 is 40.5 Å². The first-order valence-corrected chi connectivity index (χ1v) is 8.17. The van der Waals surface area contributed by atoms with Crippen molar-refractivity contribution in [2.24, 2.45) is 0 Å². The van der Waals surface area contributed by atoms with Gasteiger partial charge < -0.3 is 11.1 Å². The maximum atomic E-state index is 12.2. The fourth-order valence-electron chi connectivity index (χ4n) is 2.18. The molecule has 2 aromatic carbocycles. The van der Waals surface area contributed by atoms with Crippen LogP contribution in [0.1, 0.15) is 15.9 Å². The van der Waals surface area contributed by atoms with Gasteiger partial charge in [-0.1, -0.05) is 41.4 Å². The number of nitrogens with two attached hydrogens (primary N) is 1. The normalized spacial score (nSPS) is 10.2. The number of nitrogens with zero attached hydrogens (tertiary/aromatic N) is 2. The number of hydrazine groups is 1. The van der Waals surface area contributed by atoms with Gasteiger partial charge in [-0.2, -0.15) is 0 Å². The first-order valence-electron chi connectivity index (χ1n) is 7.79. The molecule has 0 aliphatic rings. The van der Waals surface area contributed by atoms with E-state index in [9.17, 15) is 4.79 Å². The minimum absolute atomic E-state index is 0.247. The molecule has 0 fully saturated rings. The zero-order valence-corrected chi connectivity index (χ0v) is 14.7. The zero-order chi connectivity index (χ0) is 18.5. The number of carbonyl (C=O) groups excluding carboxylic acids is 1. The Bertz CT molecular complexity index is 929. The second kappa shape index (κ2) is 7.71. The van der Waals surface area contributed by atoms with Gasteiger partial charge in [0.2, 0.25) is 0 Å². The Morgan fingerprint density at radius 2 is 1.73 bits per heavy atom. The first kappa shape index (κ1) is 17.5. The van der Waals surface area contributed by atoms with Crippen molar-refractivity contribution < 1.29 is 4.79 Å². The van der Waals surface area contributed by atoms with E-state index < -0.39 is 0 Å². The Morgan fingerprint density at radius 1 is 1.04 bits per heavy atom. The van der Waals surface area contributed by atoms with Gasteiger partial charge in [-0.05, 0) is 31.2 Å². The van der Waals surface area contributed by atoms with E-state index in [4.69, 9.17) is 17.3 Å². The number of hydrogen-bond donors (Lipinski definition) is 4. The van der Waals surface area contributed by atoms with Gasteiger partial charge in [0.25, 0.3) is 5.91 Å². The Labute approximate surface area is 155 Å². The predicted octanol–water partition coefficient (Wildman–Crippen LogP) is 3.52. The third-order valence-electron chi connectivity index (χ3n) is 3.62. The highest BCUT2D eigenvalue weighted by Gasteiger charge is 2.11. The molecule has 0 aliphatic carbocycles. The number of anilines is 4. The van der Waals surface area contributed by atoms with Crippen molar-refractivity contribution in [3.05, 3.63) is 71.0 Å². The lowest BCUT2D eigenvalue weighted by Gasteiger charge is -2.13. The molecule has 1 heterocycles. The van der Waals surface area contributed by atoms with Gasteiger partial charge in [-0.25, -0.2) is 9.97 Å². The van der Waals surface area contributed by atoms with Crippen molar-refractivity contribution in [3.8, 4) is 0 Å². The van der Waals surface area contributed by atoms with Gasteiger partial charge in [-0.15, -0.1) is 0 Å². The summed E-state index contributed by atoms with van der Waals surface area (Å²) in [5, 5.41) is 3.58. The average Bonchev–Trinajstić information content (AvgIpc) is 2.64. The summed E-state index contributed by atoms with van der Waals surface area (Å²) in [4.78, 5) is 20.3. The minimum atomic E-state index is -0.302. The molecule has 8 heteroatoms. The van der Waals surface area contributed by atoms with Crippen molar-refractivity contribution in [1.82, 2.24) is 15.4 Å². The summed E-state index contributed by atoms with van der Waals surface area (Å²) < 4.78 is 0. The number of halogens is 1. The highest BCUT2D eigenvalue weighted by atomic mass is 35.5. The first-order chi connectivity index (χ1) is 12.5. The molecule has 132 valence electrons. The Hall–Kier alpha value is -3.32. The van der Waals surface area contributed by atoms with Crippen LogP contribution in [0.15, 0.2) is 54.9 Å². The lowest BCUT2D eigenvalue weighted by Crippen LogP contribution is -2.30. The number of hydrogen-bond acceptors (Lipinski definition) is 6. The van der Waals surface area contributed by atoms with E-state index in [1.165, 1.54) is 6.33 Å². The van der Waals surface area contributed by atoms with Crippen LogP contribution in [0.25, 0.3) is 0 Å². The Morgan fingerprint density at radius 3 is 2.46 bits per heavy atom. The maximum Gasteiger partial charge on any atom is 0.269 e. The maximum absolute atomic E-state index is 12.2. The van der Waals surface area contributed by atoms with E-state index in [1.54, 1.807) is 24.3 Å². The molecule has 3 rings (SSSR count). The predicted molar refractivity (Wildman–Crippen MR) is 103 cm³/mol. The smallest absolute Gasteiger partial charge is 0.269 e. The molecule has 26 heavy (non-hydrogen) atoms. The van der Waals surface area contributed by atoms with Gasteiger partial charge >= 0.3 is 0 Å². The molecule has 0 radical (unpaired) electrons. The second-order valence-electron chi connectivity index (χ2n) is 5.53. The Kier molecular flexibility index (Phi) is 5.19. The molecule has 1 amide bonds. The molecule has 0 bridgehead atoms. The third kappa shape index (κ3) is 4.01. The lowest BCUT2D eigenvalue weighted by atomic mass is 10.1. The van der Waals surface area contributed by atoms with Crippen LogP contribution in [-0.2, 0) is 0 Å². The molecule has 0 atom stereocenters. The van der Waals surface area contributed by atoms with Crippen LogP contribution in [0.5, 0.6) is 0 Å². The van der Waals surface area contributed by atoms with Crippen LogP contribution in [-0.4, -0.2) is 15.9 Å². The molecule has 0 spiro atoms. The van der Waals surface area contributed by atoms with Crippen LogP contribution < -0.4 is 21.9 Å². The number of amides is 1. The summed E-state index contributed by atoms with van der Waals surface area (Å²) in [5.74, 6) is 0.346. The molecular weight excluding hydrogens is 352 g/mol. The molecule has 0 unspecified atom stereocenters. The summed E-state index contributed by atoms with van der Waals surface area (Å²) in [6.45, 7) is 1.95. The Balaban J connectivity index is 1.72. The zero-order valence-electron chi connectivity index (χ0n) is 14.0. The fourth-order valence-corrected chi connectivity index (χ4v) is 2.36. The lowest BCUT2D eigenvalue weighted by molar-refractivity contribution is 0.0962. The van der Waals surface area contributed by atoms with Gasteiger partial charge in [-0.3, -0.25) is 15.6 Å². The summed E-state index contributed by atoms with van der Waals surface area (Å²) in [5.41, 5.74) is 13.9. The number of benzene rings is 2. The van der Waals surface area contributed by atoms with Gasteiger partial charge in [0, 0.05) is 5.56 Å². The number of nitrogens with one attached hydrogen (secondary N) is 3. The van der Waals surface area contributed by atoms with Crippen LogP contribution >= 0.6 is 11.6 Å². The van der Waals surface area contributed by atoms with Crippen molar-refractivity contribution in [3.63, 3.8) is 0 Å². The van der Waals surface area contributed by atoms with Gasteiger partial charge in [0.05, 0.1) is 10.7 Å².